The lowest BCUT2D eigenvalue weighted by Crippen LogP contribution is -2.19. The second-order valence-electron chi connectivity index (χ2n) is 21.7. The summed E-state index contributed by atoms with van der Waals surface area (Å²) < 4.78 is 11.7. The van der Waals surface area contributed by atoms with E-state index in [1.807, 2.05) is 48.5 Å². The molecule has 18 rings (SSSR count). The first-order valence-corrected chi connectivity index (χ1v) is 28.4. The first-order chi connectivity index (χ1) is 41.7. The van der Waals surface area contributed by atoms with Crippen molar-refractivity contribution in [3.05, 3.63) is 273 Å². The lowest BCUT2D eigenvalue weighted by molar-refractivity contribution is 0.670. The molecule has 0 atom stereocenters. The molecule has 84 heavy (non-hydrogen) atoms. The fourth-order valence-corrected chi connectivity index (χ4v) is 13.4. The van der Waals surface area contributed by atoms with Crippen molar-refractivity contribution >= 4 is 105 Å². The van der Waals surface area contributed by atoms with Crippen LogP contribution in [-0.2, 0) is 0 Å². The molecule has 17 aromatic rings. The molecular formula is C76H45N7O. The Kier molecular flexibility index (Phi) is 9.93. The van der Waals surface area contributed by atoms with Gasteiger partial charge in [0.05, 0.1) is 44.7 Å². The van der Waals surface area contributed by atoms with Gasteiger partial charge in [-0.3, -0.25) is 4.90 Å². The minimum Gasteiger partial charge on any atom is -0.455 e. The largest absolute Gasteiger partial charge is 0.455 e. The van der Waals surface area contributed by atoms with E-state index >= 15 is 0 Å². The summed E-state index contributed by atoms with van der Waals surface area (Å²) in [5, 5.41) is 10.1. The molecule has 0 fully saturated rings. The Morgan fingerprint density at radius 3 is 1.54 bits per heavy atom. The highest BCUT2D eigenvalue weighted by atomic mass is 16.3. The van der Waals surface area contributed by atoms with Crippen molar-refractivity contribution in [2.45, 2.75) is 0 Å². The Balaban J connectivity index is 0.874. The summed E-state index contributed by atoms with van der Waals surface area (Å²) in [5.74, 6) is 1.66. The molecule has 6 heterocycles. The first kappa shape index (κ1) is 46.3. The number of hydrogen-bond donors (Lipinski definition) is 0. The third kappa shape index (κ3) is 6.82. The van der Waals surface area contributed by atoms with Crippen LogP contribution in [0.2, 0.25) is 0 Å². The maximum absolute atomic E-state index is 6.79. The Bertz CT molecular complexity index is 5490. The molecule has 1 aliphatic rings. The molecule has 12 aromatic carbocycles. The van der Waals surface area contributed by atoms with Crippen molar-refractivity contribution < 1.29 is 4.42 Å². The fraction of sp³-hybridized carbons (Fsp3) is 0. The maximum atomic E-state index is 6.79. The number of nitrogens with zero attached hydrogens (tertiary/aromatic N) is 7. The Hall–Kier alpha value is -11.5. The normalized spacial score (nSPS) is 12.3. The molecule has 0 radical (unpaired) electrons. The van der Waals surface area contributed by atoms with Crippen molar-refractivity contribution in [3.8, 4) is 67.7 Å². The molecule has 1 aliphatic heterocycles. The van der Waals surface area contributed by atoms with Crippen LogP contribution in [0.5, 0.6) is 0 Å². The molecule has 0 aliphatic carbocycles. The van der Waals surface area contributed by atoms with Gasteiger partial charge in [0.25, 0.3) is 0 Å². The summed E-state index contributed by atoms with van der Waals surface area (Å²) in [6.45, 7) is 0. The molecule has 0 saturated carbocycles. The van der Waals surface area contributed by atoms with Crippen LogP contribution in [0.25, 0.3) is 155 Å². The van der Waals surface area contributed by atoms with Crippen molar-refractivity contribution in [3.63, 3.8) is 0 Å². The average molecular weight is 1070 g/mol. The summed E-state index contributed by atoms with van der Waals surface area (Å²) in [6.07, 6.45) is 0. The third-order valence-electron chi connectivity index (χ3n) is 17.1. The van der Waals surface area contributed by atoms with E-state index in [0.717, 1.165) is 117 Å². The lowest BCUT2D eigenvalue weighted by atomic mass is 9.87. The highest BCUT2D eigenvalue weighted by Crippen LogP contribution is 2.55. The zero-order valence-corrected chi connectivity index (χ0v) is 45.0. The van der Waals surface area contributed by atoms with Crippen LogP contribution in [0.3, 0.4) is 0 Å². The Morgan fingerprint density at radius 2 is 0.857 bits per heavy atom. The highest BCUT2D eigenvalue weighted by molar-refractivity contribution is 6.27. The number of aromatic nitrogens is 6. The van der Waals surface area contributed by atoms with Crippen LogP contribution in [0, 0.1) is 0 Å². The van der Waals surface area contributed by atoms with E-state index in [-0.39, 0.29) is 0 Å². The quantitative estimate of drug-likeness (QED) is 0.148. The molecule has 0 amide bonds. The van der Waals surface area contributed by atoms with Crippen molar-refractivity contribution in [2.75, 3.05) is 4.90 Å². The number of fused-ring (bicyclic) bond motifs is 14. The van der Waals surface area contributed by atoms with Gasteiger partial charge < -0.3 is 13.6 Å². The summed E-state index contributed by atoms with van der Waals surface area (Å²) in [5.41, 5.74) is 19.1. The molecular weight excluding hydrogens is 1030 g/mol. The van der Waals surface area contributed by atoms with Crippen LogP contribution in [0.15, 0.2) is 277 Å². The van der Waals surface area contributed by atoms with E-state index in [1.165, 1.54) is 38.1 Å². The van der Waals surface area contributed by atoms with Gasteiger partial charge in [-0.1, -0.05) is 206 Å². The zero-order valence-electron chi connectivity index (χ0n) is 45.0. The predicted molar refractivity (Wildman–Crippen MR) is 344 cm³/mol. The number of benzene rings is 12. The van der Waals surface area contributed by atoms with Gasteiger partial charge in [-0.2, -0.15) is 9.97 Å². The van der Waals surface area contributed by atoms with Gasteiger partial charge in [0.2, 0.25) is 5.95 Å². The molecule has 8 nitrogen and oxygen atoms in total. The highest BCUT2D eigenvalue weighted by Gasteiger charge is 2.33. The maximum Gasteiger partial charge on any atom is 0.238 e. The minimum absolute atomic E-state index is 0.500. The minimum atomic E-state index is 0.500. The number of rotatable bonds is 7. The van der Waals surface area contributed by atoms with E-state index in [9.17, 15) is 0 Å². The van der Waals surface area contributed by atoms with Crippen LogP contribution in [0.1, 0.15) is 0 Å². The zero-order chi connectivity index (χ0) is 55.0. The molecule has 0 spiro atoms. The third-order valence-corrected chi connectivity index (χ3v) is 17.1. The van der Waals surface area contributed by atoms with Crippen molar-refractivity contribution in [1.82, 2.24) is 29.1 Å². The van der Waals surface area contributed by atoms with Gasteiger partial charge in [0, 0.05) is 82.1 Å². The SMILES string of the molecule is c1ccc(-c2nc(-c3ccccc3)nc(N3c4ccc(-c5ccc(-n6c7ccccc7c7ccc8c9ccccc9n(-c9ccccc9)c8c76)cc5)cc4-c4nc5ccccc5c5c(-c6cccc7c6oc6ccccc67)ccc3c45)n2)cc1. The van der Waals surface area contributed by atoms with E-state index in [2.05, 4.69) is 238 Å². The molecule has 0 saturated heterocycles. The second kappa shape index (κ2) is 18.0. The number of anilines is 3. The van der Waals surface area contributed by atoms with Gasteiger partial charge in [-0.05, 0) is 83.4 Å². The van der Waals surface area contributed by atoms with Crippen LogP contribution < -0.4 is 4.90 Å². The standard InChI is InChI=1S/C76H45N7O/c1-4-19-47(20-5-1)74-78-75(48-21-6-2-7-22-48)80-76(79-74)83-65-43-37-49(45-61(65)70-69-66(83)44-42-55(68(69)60-28-10-14-31-62(60)77-70)59-30-18-29-58-54-27-13-17-34-67(54)84-73(58)59)46-35-38-51(39-36-46)82-64-33-16-12-26-53(64)57-41-40-56-52-25-11-15-32-63(52)81(71(56)72(57)82)50-23-8-3-9-24-50/h1-45H. The molecule has 0 unspecified atom stereocenters. The molecule has 390 valence electrons. The number of hydrogen-bond acceptors (Lipinski definition) is 6. The predicted octanol–water partition coefficient (Wildman–Crippen LogP) is 19.8. The summed E-state index contributed by atoms with van der Waals surface area (Å²) in [7, 11) is 0. The number of pyridine rings is 1. The van der Waals surface area contributed by atoms with Crippen LogP contribution >= 0.6 is 0 Å². The molecule has 8 heteroatoms. The average Bonchev–Trinajstić information content (AvgIpc) is 1.35. The van der Waals surface area contributed by atoms with Gasteiger partial charge in [-0.25, -0.2) is 9.97 Å². The van der Waals surface area contributed by atoms with E-state index in [0.29, 0.717) is 17.6 Å². The monoisotopic (exact) mass is 1070 g/mol. The van der Waals surface area contributed by atoms with Gasteiger partial charge in [0.1, 0.15) is 11.2 Å². The van der Waals surface area contributed by atoms with E-state index < -0.39 is 0 Å². The van der Waals surface area contributed by atoms with Gasteiger partial charge >= 0.3 is 0 Å². The Labute approximate surface area is 481 Å². The van der Waals surface area contributed by atoms with Gasteiger partial charge in [-0.15, -0.1) is 0 Å². The lowest BCUT2D eigenvalue weighted by Gasteiger charge is -2.33. The fourth-order valence-electron chi connectivity index (χ4n) is 13.4. The molecule has 0 bridgehead atoms. The second-order valence-corrected chi connectivity index (χ2v) is 21.7. The number of furan rings is 1. The molecule has 0 N–H and O–H groups in total. The van der Waals surface area contributed by atoms with Crippen molar-refractivity contribution in [1.29, 1.82) is 0 Å². The first-order valence-electron chi connectivity index (χ1n) is 28.4. The van der Waals surface area contributed by atoms with Crippen LogP contribution in [0.4, 0.5) is 17.3 Å². The van der Waals surface area contributed by atoms with Crippen molar-refractivity contribution in [2.24, 2.45) is 0 Å². The van der Waals surface area contributed by atoms with Crippen LogP contribution in [-0.4, -0.2) is 29.1 Å². The smallest absolute Gasteiger partial charge is 0.238 e. The van der Waals surface area contributed by atoms with E-state index in [4.69, 9.17) is 24.4 Å². The van der Waals surface area contributed by atoms with Gasteiger partial charge in [0.15, 0.2) is 11.6 Å². The van der Waals surface area contributed by atoms with E-state index in [1.54, 1.807) is 0 Å². The topological polar surface area (TPSA) is 77.8 Å². The summed E-state index contributed by atoms with van der Waals surface area (Å²) >= 11 is 0. The molecule has 5 aromatic heterocycles. The summed E-state index contributed by atoms with van der Waals surface area (Å²) in [6, 6.07) is 96.8. The summed E-state index contributed by atoms with van der Waals surface area (Å²) in [4.78, 5) is 23.8. The number of para-hydroxylation sites is 6. The Morgan fingerprint density at radius 1 is 0.310 bits per heavy atom.